The second-order valence-corrected chi connectivity index (χ2v) is 5.67. The molecule has 110 valence electrons. The van der Waals surface area contributed by atoms with Crippen molar-refractivity contribution in [2.45, 2.75) is 0 Å². The fourth-order valence-electron chi connectivity index (χ4n) is 1.87. The number of halogens is 1. The van der Waals surface area contributed by atoms with Crippen molar-refractivity contribution in [2.24, 2.45) is 0 Å². The van der Waals surface area contributed by atoms with Gasteiger partial charge in [0.1, 0.15) is 0 Å². The number of hydrogen-bond donors (Lipinski definition) is 2. The summed E-state index contributed by atoms with van der Waals surface area (Å²) in [7, 11) is 0. The summed E-state index contributed by atoms with van der Waals surface area (Å²) in [6, 6.07) is 14.1. The Kier molecular flexibility index (Phi) is 4.32. The molecule has 0 saturated carbocycles. The molecule has 1 heterocycles. The Labute approximate surface area is 136 Å². The molecular formula is C15H11ClN4OS. The molecule has 5 nitrogen and oxygen atoms in total. The molecule has 0 fully saturated rings. The topological polar surface area (TPSA) is 66.9 Å². The van der Waals surface area contributed by atoms with E-state index in [1.165, 1.54) is 11.5 Å². The molecule has 2 amide bonds. The standard InChI is InChI=1S/C15H11ClN4OS/c16-11-2-1-3-13(8-11)19-15(21)18-12-6-4-10(5-7-12)14-9-17-20-22-14/h1-9H,(H2,18,19,21). The lowest BCUT2D eigenvalue weighted by Gasteiger charge is -2.08. The van der Waals surface area contributed by atoms with Gasteiger partial charge in [-0.05, 0) is 47.4 Å². The van der Waals surface area contributed by atoms with Gasteiger partial charge in [-0.2, -0.15) is 0 Å². The van der Waals surface area contributed by atoms with Gasteiger partial charge in [-0.3, -0.25) is 0 Å². The van der Waals surface area contributed by atoms with E-state index < -0.39 is 0 Å². The highest BCUT2D eigenvalue weighted by molar-refractivity contribution is 7.09. The Morgan fingerprint density at radius 2 is 1.82 bits per heavy atom. The van der Waals surface area contributed by atoms with Gasteiger partial charge >= 0.3 is 6.03 Å². The summed E-state index contributed by atoms with van der Waals surface area (Å²) in [5, 5.41) is 9.85. The zero-order valence-corrected chi connectivity index (χ0v) is 12.9. The van der Waals surface area contributed by atoms with Gasteiger partial charge in [0, 0.05) is 16.4 Å². The van der Waals surface area contributed by atoms with Crippen LogP contribution >= 0.6 is 23.1 Å². The molecule has 0 atom stereocenters. The molecule has 2 N–H and O–H groups in total. The molecule has 2 aromatic carbocycles. The summed E-state index contributed by atoms with van der Waals surface area (Å²) in [5.74, 6) is 0. The largest absolute Gasteiger partial charge is 0.323 e. The molecule has 7 heteroatoms. The Hall–Kier alpha value is -2.44. The number of carbonyl (C=O) groups excluding carboxylic acids is 1. The molecule has 0 bridgehead atoms. The van der Waals surface area contributed by atoms with Crippen molar-refractivity contribution >= 4 is 40.5 Å². The highest BCUT2D eigenvalue weighted by Crippen LogP contribution is 2.23. The van der Waals surface area contributed by atoms with Gasteiger partial charge in [-0.1, -0.05) is 34.3 Å². The molecule has 0 saturated heterocycles. The molecule has 22 heavy (non-hydrogen) atoms. The summed E-state index contributed by atoms with van der Waals surface area (Å²) in [6.07, 6.45) is 1.71. The lowest BCUT2D eigenvalue weighted by molar-refractivity contribution is 0.262. The van der Waals surface area contributed by atoms with Crippen LogP contribution in [0, 0.1) is 0 Å². The molecule has 0 aliphatic heterocycles. The first-order valence-electron chi connectivity index (χ1n) is 6.42. The van der Waals surface area contributed by atoms with Crippen LogP contribution in [0.3, 0.4) is 0 Å². The highest BCUT2D eigenvalue weighted by atomic mass is 35.5. The first-order chi connectivity index (χ1) is 10.7. The third-order valence-electron chi connectivity index (χ3n) is 2.87. The maximum atomic E-state index is 11.9. The minimum Gasteiger partial charge on any atom is -0.308 e. The fourth-order valence-corrected chi connectivity index (χ4v) is 2.58. The van der Waals surface area contributed by atoms with E-state index in [1.54, 1.807) is 30.5 Å². The first kappa shape index (κ1) is 14.5. The average Bonchev–Trinajstić information content (AvgIpc) is 3.02. The van der Waals surface area contributed by atoms with E-state index in [-0.39, 0.29) is 6.03 Å². The van der Waals surface area contributed by atoms with Crippen LogP contribution in [0.15, 0.2) is 54.7 Å². The molecule has 0 aliphatic rings. The van der Waals surface area contributed by atoms with Gasteiger partial charge < -0.3 is 10.6 Å². The lowest BCUT2D eigenvalue weighted by Crippen LogP contribution is -2.19. The third kappa shape index (κ3) is 3.60. The van der Waals surface area contributed by atoms with Gasteiger partial charge in [0.2, 0.25) is 0 Å². The monoisotopic (exact) mass is 330 g/mol. The van der Waals surface area contributed by atoms with Crippen LogP contribution in [0.4, 0.5) is 16.2 Å². The zero-order chi connectivity index (χ0) is 15.4. The lowest BCUT2D eigenvalue weighted by atomic mass is 10.2. The van der Waals surface area contributed by atoms with Gasteiger partial charge in [-0.25, -0.2) is 4.79 Å². The molecule has 0 aliphatic carbocycles. The Morgan fingerprint density at radius 1 is 1.05 bits per heavy atom. The van der Waals surface area contributed by atoms with E-state index >= 15 is 0 Å². The SMILES string of the molecule is O=C(Nc1ccc(-c2cnns2)cc1)Nc1cccc(Cl)c1. The van der Waals surface area contributed by atoms with Crippen LogP contribution in [-0.4, -0.2) is 15.6 Å². The van der Waals surface area contributed by atoms with Crippen molar-refractivity contribution in [3.05, 3.63) is 59.8 Å². The normalized spacial score (nSPS) is 10.2. The summed E-state index contributed by atoms with van der Waals surface area (Å²) in [4.78, 5) is 12.9. The van der Waals surface area contributed by atoms with Crippen LogP contribution in [0.25, 0.3) is 10.4 Å². The Balaban J connectivity index is 1.64. The Morgan fingerprint density at radius 3 is 2.50 bits per heavy atom. The molecule has 3 aromatic rings. The summed E-state index contributed by atoms with van der Waals surface area (Å²) < 4.78 is 3.82. The van der Waals surface area contributed by atoms with Crippen LogP contribution < -0.4 is 10.6 Å². The molecule has 0 spiro atoms. The summed E-state index contributed by atoms with van der Waals surface area (Å²) in [5.41, 5.74) is 2.34. The zero-order valence-electron chi connectivity index (χ0n) is 11.3. The first-order valence-corrected chi connectivity index (χ1v) is 7.57. The van der Waals surface area contributed by atoms with Crippen molar-refractivity contribution in [2.75, 3.05) is 10.6 Å². The van der Waals surface area contributed by atoms with E-state index in [4.69, 9.17) is 11.6 Å². The predicted molar refractivity (Wildman–Crippen MR) is 89.4 cm³/mol. The molecule has 3 rings (SSSR count). The van der Waals surface area contributed by atoms with Crippen molar-refractivity contribution < 1.29 is 4.79 Å². The number of rotatable bonds is 3. The van der Waals surface area contributed by atoms with E-state index in [1.807, 2.05) is 24.3 Å². The maximum Gasteiger partial charge on any atom is 0.323 e. The number of carbonyl (C=O) groups is 1. The highest BCUT2D eigenvalue weighted by Gasteiger charge is 2.04. The second kappa shape index (κ2) is 6.55. The van der Waals surface area contributed by atoms with Crippen LogP contribution in [0.5, 0.6) is 0 Å². The van der Waals surface area contributed by atoms with Crippen LogP contribution in [-0.2, 0) is 0 Å². The number of benzene rings is 2. The van der Waals surface area contributed by atoms with Crippen molar-refractivity contribution in [3.8, 4) is 10.4 Å². The number of hydrogen-bond acceptors (Lipinski definition) is 4. The van der Waals surface area contributed by atoms with Crippen molar-refractivity contribution in [3.63, 3.8) is 0 Å². The van der Waals surface area contributed by atoms with E-state index in [0.717, 1.165) is 10.4 Å². The van der Waals surface area contributed by atoms with E-state index in [2.05, 4.69) is 20.2 Å². The number of amides is 2. The molecule has 0 unspecified atom stereocenters. The van der Waals surface area contributed by atoms with Crippen molar-refractivity contribution in [1.29, 1.82) is 0 Å². The molecule has 1 aromatic heterocycles. The second-order valence-electron chi connectivity index (χ2n) is 4.45. The smallest absolute Gasteiger partial charge is 0.308 e. The van der Waals surface area contributed by atoms with Gasteiger partial charge in [0.15, 0.2) is 0 Å². The predicted octanol–water partition coefficient (Wildman–Crippen LogP) is 4.50. The van der Waals surface area contributed by atoms with Crippen molar-refractivity contribution in [1.82, 2.24) is 9.59 Å². The number of nitrogens with zero attached hydrogens (tertiary/aromatic N) is 2. The summed E-state index contributed by atoms with van der Waals surface area (Å²) in [6.45, 7) is 0. The van der Waals surface area contributed by atoms with E-state index in [0.29, 0.717) is 16.4 Å². The molecule has 0 radical (unpaired) electrons. The quantitative estimate of drug-likeness (QED) is 0.742. The van der Waals surface area contributed by atoms with Gasteiger partial charge in [0.05, 0.1) is 11.1 Å². The number of anilines is 2. The Bertz CT molecular complexity index is 775. The number of nitrogens with one attached hydrogen (secondary N) is 2. The van der Waals surface area contributed by atoms with Gasteiger partial charge in [0.25, 0.3) is 0 Å². The molecular weight excluding hydrogens is 320 g/mol. The number of urea groups is 1. The van der Waals surface area contributed by atoms with Gasteiger partial charge in [-0.15, -0.1) is 5.10 Å². The summed E-state index contributed by atoms with van der Waals surface area (Å²) >= 11 is 7.20. The van der Waals surface area contributed by atoms with Crippen LogP contribution in [0.2, 0.25) is 5.02 Å². The number of aromatic nitrogens is 2. The van der Waals surface area contributed by atoms with Crippen LogP contribution in [0.1, 0.15) is 0 Å². The third-order valence-corrected chi connectivity index (χ3v) is 3.82. The van der Waals surface area contributed by atoms with E-state index in [9.17, 15) is 4.79 Å². The fraction of sp³-hybridized carbons (Fsp3) is 0. The average molecular weight is 331 g/mol. The maximum absolute atomic E-state index is 11.9. The minimum absolute atomic E-state index is 0.325. The minimum atomic E-state index is -0.325.